The first-order chi connectivity index (χ1) is 11.4. The molecule has 0 radical (unpaired) electrons. The minimum Gasteiger partial charge on any atom is -0.387 e. The lowest BCUT2D eigenvalue weighted by atomic mass is 10.1. The number of likely N-dealkylation sites (N-methyl/N-ethyl adjacent to an activating group) is 1. The highest BCUT2D eigenvalue weighted by molar-refractivity contribution is 5.76. The third-order valence-electron chi connectivity index (χ3n) is 4.11. The van der Waals surface area contributed by atoms with E-state index in [1.54, 1.807) is 30.2 Å². The molecular weight excluding hydrogens is 304 g/mol. The summed E-state index contributed by atoms with van der Waals surface area (Å²) >= 11 is 0. The highest BCUT2D eigenvalue weighted by Gasteiger charge is 2.18. The molecule has 0 spiro atoms. The Hall–Kier alpha value is -2.40. The maximum absolute atomic E-state index is 12.5. The first-order valence-corrected chi connectivity index (χ1v) is 8.10. The second-order valence-corrected chi connectivity index (χ2v) is 5.98. The van der Waals surface area contributed by atoms with Crippen LogP contribution in [0.15, 0.2) is 47.4 Å². The topological polar surface area (TPSA) is 62.5 Å². The molecule has 0 saturated carbocycles. The molecule has 2 rings (SSSR count). The van der Waals surface area contributed by atoms with Gasteiger partial charge in [-0.1, -0.05) is 35.9 Å². The molecular formula is C19H24N2O3. The molecule has 128 valence electrons. The van der Waals surface area contributed by atoms with Crippen LogP contribution < -0.4 is 5.56 Å². The van der Waals surface area contributed by atoms with Crippen molar-refractivity contribution in [3.8, 4) is 0 Å². The lowest BCUT2D eigenvalue weighted by Gasteiger charge is -2.24. The van der Waals surface area contributed by atoms with Crippen molar-refractivity contribution < 1.29 is 9.90 Å². The smallest absolute Gasteiger partial charge is 0.253 e. The predicted octanol–water partition coefficient (Wildman–Crippen LogP) is 2.05. The van der Waals surface area contributed by atoms with Crippen LogP contribution in [0, 0.1) is 13.8 Å². The van der Waals surface area contributed by atoms with Crippen molar-refractivity contribution in [3.05, 3.63) is 69.6 Å². The van der Waals surface area contributed by atoms with Crippen molar-refractivity contribution >= 4 is 5.91 Å². The summed E-state index contributed by atoms with van der Waals surface area (Å²) in [6.45, 7) is 6.23. The molecule has 1 unspecified atom stereocenters. The number of nitrogens with zero attached hydrogens (tertiary/aromatic N) is 2. The molecule has 0 fully saturated rings. The molecule has 1 atom stereocenters. The van der Waals surface area contributed by atoms with Gasteiger partial charge in [-0.25, -0.2) is 0 Å². The van der Waals surface area contributed by atoms with Gasteiger partial charge in [0.25, 0.3) is 5.56 Å². The number of hydrogen-bond acceptors (Lipinski definition) is 3. The van der Waals surface area contributed by atoms with Gasteiger partial charge in [-0.3, -0.25) is 9.59 Å². The van der Waals surface area contributed by atoms with Gasteiger partial charge in [0.15, 0.2) is 0 Å². The molecule has 1 N–H and O–H groups in total. The molecule has 0 bridgehead atoms. The molecule has 2 aromatic rings. The average Bonchev–Trinajstić information content (AvgIpc) is 2.57. The van der Waals surface area contributed by atoms with E-state index in [-0.39, 0.29) is 24.6 Å². The minimum absolute atomic E-state index is 0.0189. The number of pyridine rings is 1. The first kappa shape index (κ1) is 17.9. The monoisotopic (exact) mass is 328 g/mol. The third kappa shape index (κ3) is 4.32. The summed E-state index contributed by atoms with van der Waals surface area (Å²) in [6, 6.07) is 11.1. The van der Waals surface area contributed by atoms with Gasteiger partial charge in [-0.2, -0.15) is 0 Å². The van der Waals surface area contributed by atoms with Crippen LogP contribution in [0.1, 0.15) is 29.7 Å². The van der Waals surface area contributed by atoms with Crippen molar-refractivity contribution in [2.45, 2.75) is 33.4 Å². The maximum Gasteiger partial charge on any atom is 0.253 e. The molecule has 0 aliphatic heterocycles. The summed E-state index contributed by atoms with van der Waals surface area (Å²) in [5.41, 5.74) is 2.33. The summed E-state index contributed by atoms with van der Waals surface area (Å²) in [5, 5.41) is 10.4. The number of rotatable bonds is 6. The molecule has 1 aromatic heterocycles. The van der Waals surface area contributed by atoms with Crippen molar-refractivity contribution in [1.29, 1.82) is 0 Å². The largest absolute Gasteiger partial charge is 0.387 e. The van der Waals surface area contributed by atoms with Crippen molar-refractivity contribution in [2.24, 2.45) is 0 Å². The van der Waals surface area contributed by atoms with Gasteiger partial charge < -0.3 is 14.6 Å². The summed E-state index contributed by atoms with van der Waals surface area (Å²) < 4.78 is 1.40. The van der Waals surface area contributed by atoms with Crippen LogP contribution in [0.4, 0.5) is 0 Å². The van der Waals surface area contributed by atoms with E-state index in [0.717, 1.165) is 11.1 Å². The van der Waals surface area contributed by atoms with Gasteiger partial charge in [0, 0.05) is 18.3 Å². The summed E-state index contributed by atoms with van der Waals surface area (Å²) in [6.07, 6.45) is 0.862. The molecule has 1 heterocycles. The molecule has 0 aliphatic carbocycles. The number of aryl methyl sites for hydroxylation is 2. The van der Waals surface area contributed by atoms with Crippen molar-refractivity contribution in [2.75, 3.05) is 13.1 Å². The molecule has 5 nitrogen and oxygen atoms in total. The van der Waals surface area contributed by atoms with Gasteiger partial charge in [0.2, 0.25) is 5.91 Å². The third-order valence-corrected chi connectivity index (χ3v) is 4.11. The zero-order valence-corrected chi connectivity index (χ0v) is 14.4. The van der Waals surface area contributed by atoms with Crippen LogP contribution in [-0.2, 0) is 11.3 Å². The molecule has 0 aliphatic rings. The van der Waals surface area contributed by atoms with E-state index in [9.17, 15) is 14.7 Å². The Morgan fingerprint density at radius 3 is 2.50 bits per heavy atom. The molecule has 0 saturated heterocycles. The lowest BCUT2D eigenvalue weighted by molar-refractivity contribution is -0.133. The second-order valence-electron chi connectivity index (χ2n) is 5.98. The second kappa shape index (κ2) is 7.93. The van der Waals surface area contributed by atoms with Gasteiger partial charge in [0.1, 0.15) is 6.54 Å². The standard InChI is InChI=1S/C19H24N2O3/c1-4-20(12-17(22)16-9-7-14(2)8-10-16)18(23)13-21-11-5-6-15(3)19(21)24/h5-11,17,22H,4,12-13H2,1-3H3. The minimum atomic E-state index is -0.747. The van der Waals surface area contributed by atoms with Crippen LogP contribution in [-0.4, -0.2) is 33.6 Å². The summed E-state index contributed by atoms with van der Waals surface area (Å²) in [7, 11) is 0. The highest BCUT2D eigenvalue weighted by atomic mass is 16.3. The van der Waals surface area contributed by atoms with E-state index in [0.29, 0.717) is 12.1 Å². The fraction of sp³-hybridized carbons (Fsp3) is 0.368. The fourth-order valence-electron chi connectivity index (χ4n) is 2.54. The number of benzene rings is 1. The fourth-order valence-corrected chi connectivity index (χ4v) is 2.54. The zero-order chi connectivity index (χ0) is 17.7. The van der Waals surface area contributed by atoms with Crippen LogP contribution in [0.5, 0.6) is 0 Å². The van der Waals surface area contributed by atoms with E-state index in [2.05, 4.69) is 0 Å². The van der Waals surface area contributed by atoms with Gasteiger partial charge in [-0.15, -0.1) is 0 Å². The normalized spacial score (nSPS) is 12.0. The lowest BCUT2D eigenvalue weighted by Crippen LogP contribution is -2.39. The van der Waals surface area contributed by atoms with Crippen molar-refractivity contribution in [1.82, 2.24) is 9.47 Å². The molecule has 5 heteroatoms. The van der Waals surface area contributed by atoms with Gasteiger partial charge in [0.05, 0.1) is 12.6 Å². The van der Waals surface area contributed by atoms with Crippen LogP contribution in [0.25, 0.3) is 0 Å². The number of aromatic nitrogens is 1. The van der Waals surface area contributed by atoms with E-state index in [1.807, 2.05) is 38.1 Å². The number of amides is 1. The molecule has 1 aromatic carbocycles. The Kier molecular flexibility index (Phi) is 5.93. The Balaban J connectivity index is 2.07. The van der Waals surface area contributed by atoms with Gasteiger partial charge in [-0.05, 0) is 32.4 Å². The number of carbonyl (C=O) groups is 1. The number of aliphatic hydroxyl groups excluding tert-OH is 1. The van der Waals surface area contributed by atoms with Crippen molar-refractivity contribution in [3.63, 3.8) is 0 Å². The molecule has 24 heavy (non-hydrogen) atoms. The quantitative estimate of drug-likeness (QED) is 0.883. The van der Waals surface area contributed by atoms with Crippen LogP contribution in [0.2, 0.25) is 0 Å². The number of aliphatic hydroxyl groups is 1. The predicted molar refractivity (Wildman–Crippen MR) is 93.8 cm³/mol. The molecule has 1 amide bonds. The van der Waals surface area contributed by atoms with E-state index < -0.39 is 6.10 Å². The van der Waals surface area contributed by atoms with Gasteiger partial charge >= 0.3 is 0 Å². The highest BCUT2D eigenvalue weighted by Crippen LogP contribution is 2.15. The van der Waals surface area contributed by atoms with E-state index >= 15 is 0 Å². The SMILES string of the molecule is CCN(CC(O)c1ccc(C)cc1)C(=O)Cn1cccc(C)c1=O. The Labute approximate surface area is 142 Å². The zero-order valence-electron chi connectivity index (χ0n) is 14.4. The Bertz CT molecular complexity index is 750. The Morgan fingerprint density at radius 1 is 1.21 bits per heavy atom. The maximum atomic E-state index is 12.5. The Morgan fingerprint density at radius 2 is 1.88 bits per heavy atom. The van der Waals surface area contributed by atoms with Crippen LogP contribution >= 0.6 is 0 Å². The summed E-state index contributed by atoms with van der Waals surface area (Å²) in [5.74, 6) is -0.184. The summed E-state index contributed by atoms with van der Waals surface area (Å²) in [4.78, 5) is 26.1. The first-order valence-electron chi connectivity index (χ1n) is 8.10. The van der Waals surface area contributed by atoms with Crippen LogP contribution in [0.3, 0.4) is 0 Å². The van der Waals surface area contributed by atoms with E-state index in [4.69, 9.17) is 0 Å². The average molecular weight is 328 g/mol. The van der Waals surface area contributed by atoms with E-state index in [1.165, 1.54) is 4.57 Å². The number of hydrogen-bond donors (Lipinski definition) is 1. The number of carbonyl (C=O) groups excluding carboxylic acids is 1.